The summed E-state index contributed by atoms with van der Waals surface area (Å²) in [6.07, 6.45) is 0. The number of hydrogen-bond acceptors (Lipinski definition) is 2. The van der Waals surface area contributed by atoms with E-state index in [9.17, 15) is 4.39 Å². The second-order valence-electron chi connectivity index (χ2n) is 3.82. The first kappa shape index (κ1) is 12.6. The Labute approximate surface area is 110 Å². The second kappa shape index (κ2) is 5.65. The smallest absolute Gasteiger partial charge is 0.123 e. The highest BCUT2D eigenvalue weighted by Crippen LogP contribution is 2.12. The van der Waals surface area contributed by atoms with Gasteiger partial charge in [-0.2, -0.15) is 5.10 Å². The summed E-state index contributed by atoms with van der Waals surface area (Å²) in [7, 11) is 0. The van der Waals surface area contributed by atoms with Gasteiger partial charge in [-0.1, -0.05) is 23.7 Å². The molecule has 0 unspecified atom stereocenters. The molecule has 2 rings (SSSR count). The molecular formula is C14H12ClFN2. The molecule has 0 fully saturated rings. The molecule has 0 aromatic heterocycles. The zero-order chi connectivity index (χ0) is 13.0. The molecule has 0 aliphatic heterocycles. The molecule has 0 heterocycles. The first-order valence-electron chi connectivity index (χ1n) is 5.47. The Bertz CT molecular complexity index is 547. The summed E-state index contributed by atoms with van der Waals surface area (Å²) in [6.45, 7) is 1.89. The molecule has 0 bridgehead atoms. The van der Waals surface area contributed by atoms with Crippen molar-refractivity contribution in [1.82, 2.24) is 0 Å². The van der Waals surface area contributed by atoms with E-state index in [4.69, 9.17) is 11.6 Å². The van der Waals surface area contributed by atoms with Crippen LogP contribution in [-0.4, -0.2) is 5.71 Å². The fraction of sp³-hybridized carbons (Fsp3) is 0.0714. The van der Waals surface area contributed by atoms with E-state index in [-0.39, 0.29) is 5.82 Å². The highest BCUT2D eigenvalue weighted by Gasteiger charge is 1.97. The molecule has 2 nitrogen and oxygen atoms in total. The van der Waals surface area contributed by atoms with Crippen LogP contribution in [0.15, 0.2) is 53.6 Å². The van der Waals surface area contributed by atoms with E-state index >= 15 is 0 Å². The van der Waals surface area contributed by atoms with Crippen molar-refractivity contribution in [3.05, 3.63) is 64.9 Å². The summed E-state index contributed by atoms with van der Waals surface area (Å²) in [6, 6.07) is 13.5. The minimum atomic E-state index is -0.265. The number of benzene rings is 2. The highest BCUT2D eigenvalue weighted by molar-refractivity contribution is 6.30. The van der Waals surface area contributed by atoms with E-state index in [1.54, 1.807) is 12.1 Å². The van der Waals surface area contributed by atoms with E-state index in [1.807, 2.05) is 31.2 Å². The van der Waals surface area contributed by atoms with Gasteiger partial charge >= 0.3 is 0 Å². The van der Waals surface area contributed by atoms with Crippen LogP contribution in [0.5, 0.6) is 0 Å². The fourth-order valence-corrected chi connectivity index (χ4v) is 1.55. The minimum Gasteiger partial charge on any atom is -0.278 e. The monoisotopic (exact) mass is 262 g/mol. The number of hydrogen-bond donors (Lipinski definition) is 1. The Hall–Kier alpha value is -1.87. The standard InChI is InChI=1S/C14H12ClFN2/c1-10(11-2-4-12(15)5-3-11)17-18-14-8-6-13(16)7-9-14/h2-9,18H,1H3/b17-10-. The van der Waals surface area contributed by atoms with Crippen molar-refractivity contribution in [3.8, 4) is 0 Å². The van der Waals surface area contributed by atoms with Gasteiger partial charge in [-0.25, -0.2) is 4.39 Å². The molecule has 18 heavy (non-hydrogen) atoms. The van der Waals surface area contributed by atoms with Crippen molar-refractivity contribution < 1.29 is 4.39 Å². The maximum absolute atomic E-state index is 12.7. The molecule has 4 heteroatoms. The van der Waals surface area contributed by atoms with Crippen LogP contribution in [0, 0.1) is 5.82 Å². The summed E-state index contributed by atoms with van der Waals surface area (Å²) >= 11 is 5.81. The molecule has 2 aromatic carbocycles. The molecular weight excluding hydrogens is 251 g/mol. The van der Waals surface area contributed by atoms with Crippen LogP contribution >= 0.6 is 11.6 Å². The SMILES string of the molecule is C/C(=N/Nc1ccc(F)cc1)c1ccc(Cl)cc1. The number of anilines is 1. The molecule has 0 spiro atoms. The largest absolute Gasteiger partial charge is 0.278 e. The Morgan fingerprint density at radius 2 is 1.67 bits per heavy atom. The van der Waals surface area contributed by atoms with Crippen LogP contribution in [0.25, 0.3) is 0 Å². The van der Waals surface area contributed by atoms with Crippen molar-refractivity contribution >= 4 is 23.0 Å². The summed E-state index contributed by atoms with van der Waals surface area (Å²) in [5.41, 5.74) is 5.42. The lowest BCUT2D eigenvalue weighted by atomic mass is 10.1. The highest BCUT2D eigenvalue weighted by atomic mass is 35.5. The maximum atomic E-state index is 12.7. The Kier molecular flexibility index (Phi) is 3.95. The van der Waals surface area contributed by atoms with Gasteiger partial charge in [-0.3, -0.25) is 5.43 Å². The predicted octanol–water partition coefficient (Wildman–Crippen LogP) is 4.32. The second-order valence-corrected chi connectivity index (χ2v) is 4.26. The Morgan fingerprint density at radius 1 is 1.06 bits per heavy atom. The van der Waals surface area contributed by atoms with Crippen molar-refractivity contribution in [2.75, 3.05) is 5.43 Å². The summed E-state index contributed by atoms with van der Waals surface area (Å²) in [5, 5.41) is 4.92. The van der Waals surface area contributed by atoms with Gasteiger partial charge in [-0.15, -0.1) is 0 Å². The van der Waals surface area contributed by atoms with Gasteiger partial charge in [0.1, 0.15) is 5.82 Å². The number of rotatable bonds is 3. The van der Waals surface area contributed by atoms with E-state index in [2.05, 4.69) is 10.5 Å². The van der Waals surface area contributed by atoms with Crippen molar-refractivity contribution in [1.29, 1.82) is 0 Å². The summed E-state index contributed by atoms with van der Waals surface area (Å²) in [4.78, 5) is 0. The Balaban J connectivity index is 2.09. The average Bonchev–Trinajstić information content (AvgIpc) is 2.38. The number of nitrogens with zero attached hydrogens (tertiary/aromatic N) is 1. The van der Waals surface area contributed by atoms with Crippen LogP contribution in [-0.2, 0) is 0 Å². The molecule has 0 saturated carbocycles. The minimum absolute atomic E-state index is 0.265. The fourth-order valence-electron chi connectivity index (χ4n) is 1.43. The van der Waals surface area contributed by atoms with Gasteiger partial charge in [0.25, 0.3) is 0 Å². The third kappa shape index (κ3) is 3.31. The van der Waals surface area contributed by atoms with Gasteiger partial charge in [0.05, 0.1) is 11.4 Å². The van der Waals surface area contributed by atoms with Crippen LogP contribution in [0.4, 0.5) is 10.1 Å². The molecule has 0 amide bonds. The van der Waals surface area contributed by atoms with Gasteiger partial charge < -0.3 is 0 Å². The molecule has 0 aliphatic rings. The molecule has 0 radical (unpaired) electrons. The zero-order valence-electron chi connectivity index (χ0n) is 9.82. The van der Waals surface area contributed by atoms with Gasteiger partial charge in [0.15, 0.2) is 0 Å². The van der Waals surface area contributed by atoms with Crippen LogP contribution in [0.1, 0.15) is 12.5 Å². The lowest BCUT2D eigenvalue weighted by molar-refractivity contribution is 0.628. The van der Waals surface area contributed by atoms with Crippen molar-refractivity contribution in [2.24, 2.45) is 5.10 Å². The van der Waals surface area contributed by atoms with Gasteiger partial charge in [0, 0.05) is 5.02 Å². The lowest BCUT2D eigenvalue weighted by Gasteiger charge is -2.03. The van der Waals surface area contributed by atoms with Crippen LogP contribution in [0.2, 0.25) is 5.02 Å². The number of halogens is 2. The zero-order valence-corrected chi connectivity index (χ0v) is 10.6. The van der Waals surface area contributed by atoms with E-state index in [0.29, 0.717) is 5.02 Å². The average molecular weight is 263 g/mol. The van der Waals surface area contributed by atoms with Crippen molar-refractivity contribution in [3.63, 3.8) is 0 Å². The number of hydrazone groups is 1. The lowest BCUT2D eigenvalue weighted by Crippen LogP contribution is -1.99. The van der Waals surface area contributed by atoms with E-state index in [1.165, 1.54) is 12.1 Å². The third-order valence-corrected chi connectivity index (χ3v) is 2.71. The molecule has 0 saturated heterocycles. The first-order chi connectivity index (χ1) is 8.65. The quantitative estimate of drug-likeness (QED) is 0.647. The first-order valence-corrected chi connectivity index (χ1v) is 5.85. The summed E-state index contributed by atoms with van der Waals surface area (Å²) < 4.78 is 12.7. The molecule has 92 valence electrons. The summed E-state index contributed by atoms with van der Waals surface area (Å²) in [5.74, 6) is -0.265. The van der Waals surface area contributed by atoms with E-state index < -0.39 is 0 Å². The third-order valence-electron chi connectivity index (χ3n) is 2.46. The Morgan fingerprint density at radius 3 is 2.28 bits per heavy atom. The number of nitrogens with one attached hydrogen (secondary N) is 1. The maximum Gasteiger partial charge on any atom is 0.123 e. The molecule has 0 atom stereocenters. The predicted molar refractivity (Wildman–Crippen MR) is 73.7 cm³/mol. The topological polar surface area (TPSA) is 24.4 Å². The van der Waals surface area contributed by atoms with Crippen LogP contribution < -0.4 is 5.43 Å². The molecule has 2 aromatic rings. The molecule has 1 N–H and O–H groups in total. The van der Waals surface area contributed by atoms with Gasteiger partial charge in [0.2, 0.25) is 0 Å². The van der Waals surface area contributed by atoms with Crippen molar-refractivity contribution in [2.45, 2.75) is 6.92 Å². The van der Waals surface area contributed by atoms with E-state index in [0.717, 1.165) is 17.0 Å². The van der Waals surface area contributed by atoms with Gasteiger partial charge in [-0.05, 0) is 48.9 Å². The normalized spacial score (nSPS) is 11.4. The molecule has 0 aliphatic carbocycles. The van der Waals surface area contributed by atoms with Crippen LogP contribution in [0.3, 0.4) is 0 Å².